The zero-order chi connectivity index (χ0) is 18.3. The van der Waals surface area contributed by atoms with E-state index in [4.69, 9.17) is 9.47 Å². The Morgan fingerprint density at radius 1 is 1.21 bits per heavy atom. The van der Waals surface area contributed by atoms with Gasteiger partial charge in [0.1, 0.15) is 11.6 Å². The first kappa shape index (κ1) is 18.0. The highest BCUT2D eigenvalue weighted by atomic mass is 16.6. The number of para-hydroxylation sites is 1. The zero-order valence-corrected chi connectivity index (χ0v) is 15.2. The molecule has 0 saturated carbocycles. The number of carbonyl (C=O) groups excluding carboxylic acids is 2. The molecule has 0 bridgehead atoms. The van der Waals surface area contributed by atoms with Crippen LogP contribution >= 0.6 is 0 Å². The molecule has 0 aromatic heterocycles. The van der Waals surface area contributed by atoms with E-state index in [1.807, 2.05) is 38.1 Å². The van der Waals surface area contributed by atoms with Gasteiger partial charge < -0.3 is 9.47 Å². The van der Waals surface area contributed by atoms with E-state index in [0.29, 0.717) is 5.69 Å². The van der Waals surface area contributed by atoms with Gasteiger partial charge in [0, 0.05) is 5.41 Å². The highest BCUT2D eigenvalue weighted by molar-refractivity contribution is 6.01. The summed E-state index contributed by atoms with van der Waals surface area (Å²) in [6.07, 6.45) is -0.566. The van der Waals surface area contributed by atoms with Crippen LogP contribution in [0.4, 0.5) is 10.5 Å². The third kappa shape index (κ3) is 3.30. The van der Waals surface area contributed by atoms with Crippen molar-refractivity contribution in [2.45, 2.75) is 58.6 Å². The standard InChI is InChI=1S/C19H25NO4/c1-12(2)23-16(21)15-19(6,7)13-10-8-9-11-14(13)20(15)17(22)24-18(3,4)5/h8-11,15H,1H2,2-7H3. The van der Waals surface area contributed by atoms with E-state index in [0.717, 1.165) is 5.56 Å². The molecule has 2 rings (SSSR count). The number of fused-ring (bicyclic) bond motifs is 1. The van der Waals surface area contributed by atoms with Crippen molar-refractivity contribution in [1.82, 2.24) is 0 Å². The van der Waals surface area contributed by atoms with Gasteiger partial charge in [-0.3, -0.25) is 4.90 Å². The second kappa shape index (κ2) is 5.96. The van der Waals surface area contributed by atoms with E-state index in [9.17, 15) is 9.59 Å². The van der Waals surface area contributed by atoms with Gasteiger partial charge in [0.2, 0.25) is 0 Å². The molecule has 5 heteroatoms. The van der Waals surface area contributed by atoms with E-state index >= 15 is 0 Å². The highest BCUT2D eigenvalue weighted by Gasteiger charge is 2.53. The lowest BCUT2D eigenvalue weighted by molar-refractivity contribution is -0.142. The van der Waals surface area contributed by atoms with Gasteiger partial charge in [0.15, 0.2) is 0 Å². The van der Waals surface area contributed by atoms with Crippen molar-refractivity contribution in [3.05, 3.63) is 42.2 Å². The van der Waals surface area contributed by atoms with Crippen LogP contribution in [0.2, 0.25) is 0 Å². The number of rotatable bonds is 2. The van der Waals surface area contributed by atoms with Crippen LogP contribution in [-0.4, -0.2) is 23.7 Å². The predicted octanol–water partition coefficient (Wildman–Crippen LogP) is 4.16. The van der Waals surface area contributed by atoms with Crippen LogP contribution < -0.4 is 4.90 Å². The fourth-order valence-corrected chi connectivity index (χ4v) is 2.98. The summed E-state index contributed by atoms with van der Waals surface area (Å²) in [5.41, 5.74) is 0.293. The average molecular weight is 331 g/mol. The number of hydrogen-bond donors (Lipinski definition) is 0. The molecule has 1 heterocycles. The molecule has 1 aromatic carbocycles. The van der Waals surface area contributed by atoms with Crippen molar-refractivity contribution in [3.8, 4) is 0 Å². The number of amides is 1. The second-order valence-corrected chi connectivity index (χ2v) is 7.61. The van der Waals surface area contributed by atoms with Gasteiger partial charge in [-0.25, -0.2) is 9.59 Å². The van der Waals surface area contributed by atoms with Crippen molar-refractivity contribution in [2.75, 3.05) is 4.90 Å². The summed E-state index contributed by atoms with van der Waals surface area (Å²) in [6.45, 7) is 14.4. The van der Waals surface area contributed by atoms with E-state index in [2.05, 4.69) is 6.58 Å². The Morgan fingerprint density at radius 2 is 1.79 bits per heavy atom. The summed E-state index contributed by atoms with van der Waals surface area (Å²) >= 11 is 0. The van der Waals surface area contributed by atoms with Gasteiger partial charge in [-0.1, -0.05) is 38.6 Å². The number of ether oxygens (including phenoxy) is 2. The number of allylic oxidation sites excluding steroid dienone is 1. The molecular weight excluding hydrogens is 306 g/mol. The monoisotopic (exact) mass is 331 g/mol. The van der Waals surface area contributed by atoms with Gasteiger partial charge >= 0.3 is 12.1 Å². The molecule has 1 aliphatic rings. The SMILES string of the molecule is C=C(C)OC(=O)C1N(C(=O)OC(C)(C)C)c2ccccc2C1(C)C. The topological polar surface area (TPSA) is 55.8 Å². The highest BCUT2D eigenvalue weighted by Crippen LogP contribution is 2.46. The number of esters is 1. The molecule has 0 fully saturated rings. The lowest BCUT2D eigenvalue weighted by Crippen LogP contribution is -2.51. The molecule has 0 N–H and O–H groups in total. The van der Waals surface area contributed by atoms with Crippen LogP contribution in [0.15, 0.2) is 36.6 Å². The molecular formula is C19H25NO4. The van der Waals surface area contributed by atoms with E-state index in [-0.39, 0.29) is 5.76 Å². The van der Waals surface area contributed by atoms with Crippen molar-refractivity contribution in [2.24, 2.45) is 0 Å². The first-order chi connectivity index (χ1) is 10.9. The Bertz CT molecular complexity index is 685. The molecule has 0 radical (unpaired) electrons. The number of carbonyl (C=O) groups is 2. The smallest absolute Gasteiger partial charge is 0.415 e. The van der Waals surface area contributed by atoms with Crippen LogP contribution in [0.1, 0.15) is 47.1 Å². The molecule has 0 saturated heterocycles. The van der Waals surface area contributed by atoms with Crippen molar-refractivity contribution < 1.29 is 19.1 Å². The van der Waals surface area contributed by atoms with Gasteiger partial charge in [0.05, 0.1) is 11.4 Å². The lowest BCUT2D eigenvalue weighted by Gasteiger charge is -2.32. The summed E-state index contributed by atoms with van der Waals surface area (Å²) in [5.74, 6) is -0.231. The molecule has 5 nitrogen and oxygen atoms in total. The fraction of sp³-hybridized carbons (Fsp3) is 0.474. The third-order valence-electron chi connectivity index (χ3n) is 3.89. The number of benzene rings is 1. The maximum absolute atomic E-state index is 12.8. The van der Waals surface area contributed by atoms with Crippen molar-refractivity contribution >= 4 is 17.7 Å². The van der Waals surface area contributed by atoms with Crippen molar-refractivity contribution in [3.63, 3.8) is 0 Å². The van der Waals surface area contributed by atoms with Crippen LogP contribution in [0.3, 0.4) is 0 Å². The van der Waals surface area contributed by atoms with E-state index in [1.54, 1.807) is 27.7 Å². The van der Waals surface area contributed by atoms with E-state index in [1.165, 1.54) is 4.90 Å². The Kier molecular flexibility index (Phi) is 4.48. The maximum atomic E-state index is 12.8. The zero-order valence-electron chi connectivity index (χ0n) is 15.2. The summed E-state index contributed by atoms with van der Waals surface area (Å²) in [7, 11) is 0. The molecule has 0 spiro atoms. The summed E-state index contributed by atoms with van der Waals surface area (Å²) in [5, 5.41) is 0. The number of anilines is 1. The Morgan fingerprint density at radius 3 is 2.33 bits per heavy atom. The Labute approximate surface area is 143 Å². The second-order valence-electron chi connectivity index (χ2n) is 7.61. The molecule has 1 amide bonds. The minimum atomic E-state index is -0.818. The minimum absolute atomic E-state index is 0.288. The van der Waals surface area contributed by atoms with Gasteiger partial charge in [-0.2, -0.15) is 0 Å². The molecule has 24 heavy (non-hydrogen) atoms. The fourth-order valence-electron chi connectivity index (χ4n) is 2.98. The molecule has 0 aliphatic carbocycles. The van der Waals surface area contributed by atoms with Crippen LogP contribution in [-0.2, 0) is 19.7 Å². The molecule has 1 aliphatic heterocycles. The average Bonchev–Trinajstić information content (AvgIpc) is 2.65. The Hall–Kier alpha value is -2.30. The van der Waals surface area contributed by atoms with Crippen LogP contribution in [0, 0.1) is 0 Å². The van der Waals surface area contributed by atoms with Crippen LogP contribution in [0.5, 0.6) is 0 Å². The molecule has 1 unspecified atom stereocenters. The first-order valence-electron chi connectivity index (χ1n) is 7.94. The van der Waals surface area contributed by atoms with Gasteiger partial charge in [-0.05, 0) is 39.3 Å². The third-order valence-corrected chi connectivity index (χ3v) is 3.89. The Balaban J connectivity index is 2.52. The van der Waals surface area contributed by atoms with E-state index < -0.39 is 29.1 Å². The quantitative estimate of drug-likeness (QED) is 0.603. The normalized spacial score (nSPS) is 18.8. The van der Waals surface area contributed by atoms with Crippen molar-refractivity contribution in [1.29, 1.82) is 0 Å². The first-order valence-corrected chi connectivity index (χ1v) is 7.94. The number of nitrogens with zero attached hydrogens (tertiary/aromatic N) is 1. The molecule has 1 atom stereocenters. The lowest BCUT2D eigenvalue weighted by atomic mass is 9.80. The predicted molar refractivity (Wildman–Crippen MR) is 92.9 cm³/mol. The molecule has 1 aromatic rings. The molecule has 130 valence electrons. The number of hydrogen-bond acceptors (Lipinski definition) is 4. The van der Waals surface area contributed by atoms with Crippen LogP contribution in [0.25, 0.3) is 0 Å². The largest absolute Gasteiger partial charge is 0.443 e. The van der Waals surface area contributed by atoms with Gasteiger partial charge in [0.25, 0.3) is 0 Å². The summed E-state index contributed by atoms with van der Waals surface area (Å²) in [4.78, 5) is 26.9. The summed E-state index contributed by atoms with van der Waals surface area (Å²) in [6, 6.07) is 6.64. The maximum Gasteiger partial charge on any atom is 0.415 e. The minimum Gasteiger partial charge on any atom is -0.443 e. The summed E-state index contributed by atoms with van der Waals surface area (Å²) < 4.78 is 10.7. The van der Waals surface area contributed by atoms with Gasteiger partial charge in [-0.15, -0.1) is 0 Å².